The van der Waals surface area contributed by atoms with Crippen molar-refractivity contribution < 1.29 is 9.53 Å². The summed E-state index contributed by atoms with van der Waals surface area (Å²) in [5.41, 5.74) is 5.76. The topological polar surface area (TPSA) is 55.6 Å². The molecule has 0 radical (unpaired) electrons. The number of ether oxygens (including phenoxy) is 1. The van der Waals surface area contributed by atoms with Crippen molar-refractivity contribution in [3.05, 3.63) is 0 Å². The average Bonchev–Trinajstić information content (AvgIpc) is 2.29. The van der Waals surface area contributed by atoms with Crippen molar-refractivity contribution in [2.45, 2.75) is 38.6 Å². The fourth-order valence-corrected chi connectivity index (χ4v) is 2.39. The van der Waals surface area contributed by atoms with E-state index in [2.05, 4.69) is 6.92 Å². The number of rotatable bonds is 5. The number of likely N-dealkylation sites (tertiary alicyclic amines) is 1. The van der Waals surface area contributed by atoms with Crippen LogP contribution in [0.2, 0.25) is 0 Å². The van der Waals surface area contributed by atoms with Gasteiger partial charge in [0.2, 0.25) is 5.91 Å². The van der Waals surface area contributed by atoms with Gasteiger partial charge in [0.1, 0.15) is 6.04 Å². The average molecular weight is 228 g/mol. The smallest absolute Gasteiger partial charge is 0.241 e. The van der Waals surface area contributed by atoms with E-state index < -0.39 is 6.04 Å². The highest BCUT2D eigenvalue weighted by Gasteiger charge is 2.26. The molecule has 4 nitrogen and oxygen atoms in total. The zero-order chi connectivity index (χ0) is 12.0. The minimum atomic E-state index is -0.495. The molecule has 2 N–H and O–H groups in total. The van der Waals surface area contributed by atoms with E-state index in [-0.39, 0.29) is 5.91 Å². The molecule has 1 fully saturated rings. The third-order valence-electron chi connectivity index (χ3n) is 3.19. The van der Waals surface area contributed by atoms with E-state index in [9.17, 15) is 4.79 Å². The maximum absolute atomic E-state index is 12.0. The van der Waals surface area contributed by atoms with E-state index >= 15 is 0 Å². The van der Waals surface area contributed by atoms with Crippen LogP contribution in [0.4, 0.5) is 0 Å². The highest BCUT2D eigenvalue weighted by molar-refractivity contribution is 5.81. The molecule has 2 atom stereocenters. The van der Waals surface area contributed by atoms with Crippen molar-refractivity contribution in [3.8, 4) is 0 Å². The van der Waals surface area contributed by atoms with Crippen molar-refractivity contribution in [2.75, 3.05) is 26.8 Å². The number of methoxy groups -OCH3 is 1. The standard InChI is InChI=1S/C12H24N2O2/c1-3-5-10-6-4-7-14(8-10)12(15)11(13)9-16-2/h10-11H,3-9,13H2,1-2H3. The molecule has 16 heavy (non-hydrogen) atoms. The molecule has 0 saturated carbocycles. The summed E-state index contributed by atoms with van der Waals surface area (Å²) < 4.78 is 4.92. The van der Waals surface area contributed by atoms with Crippen LogP contribution in [0.1, 0.15) is 32.6 Å². The maximum Gasteiger partial charge on any atom is 0.241 e. The summed E-state index contributed by atoms with van der Waals surface area (Å²) in [6.07, 6.45) is 4.76. The van der Waals surface area contributed by atoms with Gasteiger partial charge in [-0.15, -0.1) is 0 Å². The molecular formula is C12H24N2O2. The Morgan fingerprint density at radius 1 is 1.62 bits per heavy atom. The van der Waals surface area contributed by atoms with Crippen LogP contribution in [0.15, 0.2) is 0 Å². The molecule has 0 aromatic heterocycles. The van der Waals surface area contributed by atoms with Crippen LogP contribution >= 0.6 is 0 Å². The molecule has 1 amide bonds. The second-order valence-electron chi connectivity index (χ2n) is 4.64. The first-order chi connectivity index (χ1) is 7.69. The lowest BCUT2D eigenvalue weighted by Crippen LogP contribution is -2.49. The molecule has 4 heteroatoms. The fourth-order valence-electron chi connectivity index (χ4n) is 2.39. The zero-order valence-electron chi connectivity index (χ0n) is 10.4. The zero-order valence-corrected chi connectivity index (χ0v) is 10.4. The van der Waals surface area contributed by atoms with E-state index in [0.717, 1.165) is 19.5 Å². The second kappa shape index (κ2) is 6.86. The largest absolute Gasteiger partial charge is 0.383 e. The van der Waals surface area contributed by atoms with E-state index in [4.69, 9.17) is 10.5 Å². The van der Waals surface area contributed by atoms with Gasteiger partial charge in [0.25, 0.3) is 0 Å². The van der Waals surface area contributed by atoms with Crippen molar-refractivity contribution in [2.24, 2.45) is 11.7 Å². The Morgan fingerprint density at radius 2 is 2.38 bits per heavy atom. The summed E-state index contributed by atoms with van der Waals surface area (Å²) in [6.45, 7) is 4.24. The predicted octanol–water partition coefficient (Wildman–Crippen LogP) is 0.999. The Hall–Kier alpha value is -0.610. The van der Waals surface area contributed by atoms with Crippen LogP contribution in [0.3, 0.4) is 0 Å². The SMILES string of the molecule is CCCC1CCCN(C(=O)C(N)COC)C1. The number of hydrogen-bond acceptors (Lipinski definition) is 3. The third-order valence-corrected chi connectivity index (χ3v) is 3.19. The summed E-state index contributed by atoms with van der Waals surface area (Å²) in [6, 6.07) is -0.495. The van der Waals surface area contributed by atoms with Crippen molar-refractivity contribution in [1.82, 2.24) is 4.90 Å². The minimum Gasteiger partial charge on any atom is -0.383 e. The molecule has 1 rings (SSSR count). The molecule has 1 aliphatic rings. The monoisotopic (exact) mass is 228 g/mol. The number of hydrogen-bond donors (Lipinski definition) is 1. The number of nitrogens with zero attached hydrogens (tertiary/aromatic N) is 1. The lowest BCUT2D eigenvalue weighted by atomic mass is 9.93. The van der Waals surface area contributed by atoms with Crippen LogP contribution in [0.25, 0.3) is 0 Å². The molecular weight excluding hydrogens is 204 g/mol. The number of carbonyl (C=O) groups is 1. The van der Waals surface area contributed by atoms with Gasteiger partial charge in [-0.3, -0.25) is 4.79 Å². The van der Waals surface area contributed by atoms with Crippen molar-refractivity contribution in [1.29, 1.82) is 0 Å². The van der Waals surface area contributed by atoms with Gasteiger partial charge >= 0.3 is 0 Å². The number of piperidine rings is 1. The summed E-state index contributed by atoms with van der Waals surface area (Å²) >= 11 is 0. The van der Waals surface area contributed by atoms with Gasteiger partial charge in [0, 0.05) is 20.2 Å². The summed E-state index contributed by atoms with van der Waals surface area (Å²) in [4.78, 5) is 13.9. The fraction of sp³-hybridized carbons (Fsp3) is 0.917. The molecule has 1 saturated heterocycles. The number of carbonyl (C=O) groups excluding carboxylic acids is 1. The summed E-state index contributed by atoms with van der Waals surface area (Å²) in [5, 5.41) is 0. The van der Waals surface area contributed by atoms with E-state index in [1.54, 1.807) is 7.11 Å². The highest BCUT2D eigenvalue weighted by Crippen LogP contribution is 2.21. The summed E-state index contributed by atoms with van der Waals surface area (Å²) in [5.74, 6) is 0.708. The molecule has 1 heterocycles. The first-order valence-electron chi connectivity index (χ1n) is 6.22. The quantitative estimate of drug-likeness (QED) is 0.763. The second-order valence-corrected chi connectivity index (χ2v) is 4.64. The highest BCUT2D eigenvalue weighted by atomic mass is 16.5. The van der Waals surface area contributed by atoms with Crippen LogP contribution in [-0.4, -0.2) is 43.7 Å². The van der Waals surface area contributed by atoms with E-state index in [1.807, 2.05) is 4.90 Å². The van der Waals surface area contributed by atoms with Gasteiger partial charge in [-0.1, -0.05) is 13.3 Å². The third kappa shape index (κ3) is 3.76. The summed E-state index contributed by atoms with van der Waals surface area (Å²) in [7, 11) is 1.57. The minimum absolute atomic E-state index is 0.0441. The lowest BCUT2D eigenvalue weighted by Gasteiger charge is -2.34. The number of nitrogens with two attached hydrogens (primary N) is 1. The van der Waals surface area contributed by atoms with Crippen LogP contribution in [0.5, 0.6) is 0 Å². The van der Waals surface area contributed by atoms with Crippen molar-refractivity contribution in [3.63, 3.8) is 0 Å². The van der Waals surface area contributed by atoms with Gasteiger partial charge in [-0.25, -0.2) is 0 Å². The molecule has 2 unspecified atom stereocenters. The van der Waals surface area contributed by atoms with Gasteiger partial charge in [-0.05, 0) is 25.2 Å². The number of amides is 1. The Morgan fingerprint density at radius 3 is 3.00 bits per heavy atom. The Kier molecular flexibility index (Phi) is 5.77. The molecule has 0 spiro atoms. The first-order valence-corrected chi connectivity index (χ1v) is 6.22. The Labute approximate surface area is 98.1 Å². The predicted molar refractivity (Wildman–Crippen MR) is 64.1 cm³/mol. The molecule has 0 aromatic rings. The van der Waals surface area contributed by atoms with Crippen LogP contribution in [0, 0.1) is 5.92 Å². The molecule has 0 aliphatic carbocycles. The van der Waals surface area contributed by atoms with Crippen LogP contribution in [-0.2, 0) is 9.53 Å². The van der Waals surface area contributed by atoms with Gasteiger partial charge in [0.15, 0.2) is 0 Å². The van der Waals surface area contributed by atoms with Crippen LogP contribution < -0.4 is 5.73 Å². The molecule has 94 valence electrons. The molecule has 0 aromatic carbocycles. The Bertz CT molecular complexity index is 219. The van der Waals surface area contributed by atoms with Crippen molar-refractivity contribution >= 4 is 5.91 Å². The van der Waals surface area contributed by atoms with Gasteiger partial charge in [0.05, 0.1) is 6.61 Å². The maximum atomic E-state index is 12.0. The molecule has 0 bridgehead atoms. The lowest BCUT2D eigenvalue weighted by molar-refractivity contribution is -0.135. The Balaban J connectivity index is 2.43. The van der Waals surface area contributed by atoms with Gasteiger partial charge in [-0.2, -0.15) is 0 Å². The van der Waals surface area contributed by atoms with Gasteiger partial charge < -0.3 is 15.4 Å². The normalized spacial score (nSPS) is 23.2. The van der Waals surface area contributed by atoms with E-state index in [0.29, 0.717) is 12.5 Å². The first kappa shape index (κ1) is 13.5. The van der Waals surface area contributed by atoms with E-state index in [1.165, 1.54) is 19.3 Å². The molecule has 1 aliphatic heterocycles.